The first-order valence-electron chi connectivity index (χ1n) is 9.35. The molecular formula is C23H24ClFN2O3. The summed E-state index contributed by atoms with van der Waals surface area (Å²) in [6, 6.07) is 17.8. The summed E-state index contributed by atoms with van der Waals surface area (Å²) in [5.74, 6) is -0.470. The molecule has 3 rings (SSSR count). The highest BCUT2D eigenvalue weighted by Gasteiger charge is 2.16. The van der Waals surface area contributed by atoms with Gasteiger partial charge in [0.2, 0.25) is 0 Å². The topological polar surface area (TPSA) is 84.6 Å². The van der Waals surface area contributed by atoms with E-state index in [-0.39, 0.29) is 36.4 Å². The van der Waals surface area contributed by atoms with Crippen LogP contribution in [0.2, 0.25) is 0 Å². The van der Waals surface area contributed by atoms with Crippen molar-refractivity contribution in [3.63, 3.8) is 0 Å². The van der Waals surface area contributed by atoms with Gasteiger partial charge in [0.25, 0.3) is 5.91 Å². The normalized spacial score (nSPS) is 11.3. The molecule has 0 spiro atoms. The van der Waals surface area contributed by atoms with E-state index in [9.17, 15) is 14.3 Å². The molecule has 1 amide bonds. The number of halogens is 2. The van der Waals surface area contributed by atoms with Crippen LogP contribution in [0.1, 0.15) is 28.9 Å². The lowest BCUT2D eigenvalue weighted by Crippen LogP contribution is -2.33. The average molecular weight is 431 g/mol. The minimum Gasteiger partial charge on any atom is -0.508 e. The maximum Gasteiger partial charge on any atom is 0.251 e. The number of carbonyl (C=O) groups is 1. The molecule has 0 fully saturated rings. The van der Waals surface area contributed by atoms with Crippen molar-refractivity contribution < 1.29 is 19.0 Å². The lowest BCUT2D eigenvalue weighted by atomic mass is 10.0. The Morgan fingerprint density at radius 1 is 1.13 bits per heavy atom. The Balaban J connectivity index is 0.00000320. The van der Waals surface area contributed by atoms with Crippen LogP contribution in [0.15, 0.2) is 66.7 Å². The highest BCUT2D eigenvalue weighted by molar-refractivity contribution is 5.95. The van der Waals surface area contributed by atoms with Crippen LogP contribution in [0.5, 0.6) is 11.5 Å². The van der Waals surface area contributed by atoms with E-state index in [1.807, 2.05) is 0 Å². The molecule has 0 aromatic heterocycles. The van der Waals surface area contributed by atoms with Crippen LogP contribution >= 0.6 is 12.4 Å². The summed E-state index contributed by atoms with van der Waals surface area (Å²) >= 11 is 0. The van der Waals surface area contributed by atoms with E-state index in [1.54, 1.807) is 73.7 Å². The fraction of sp³-hybridized carbons (Fsp3) is 0.174. The predicted molar refractivity (Wildman–Crippen MR) is 118 cm³/mol. The molecule has 0 aliphatic carbocycles. The van der Waals surface area contributed by atoms with E-state index in [0.29, 0.717) is 23.3 Å². The number of aromatic hydroxyl groups is 1. The third kappa shape index (κ3) is 5.28. The van der Waals surface area contributed by atoms with Gasteiger partial charge in [0.1, 0.15) is 5.75 Å². The van der Waals surface area contributed by atoms with Crippen molar-refractivity contribution in [2.75, 3.05) is 13.2 Å². The number of carbonyl (C=O) groups excluding carboxylic acids is 1. The molecule has 4 N–H and O–H groups in total. The van der Waals surface area contributed by atoms with Crippen LogP contribution in [-0.2, 0) is 0 Å². The van der Waals surface area contributed by atoms with Gasteiger partial charge >= 0.3 is 0 Å². The summed E-state index contributed by atoms with van der Waals surface area (Å²) in [5.41, 5.74) is 7.92. The molecule has 7 heteroatoms. The van der Waals surface area contributed by atoms with Crippen molar-refractivity contribution in [3.05, 3.63) is 83.7 Å². The first kappa shape index (κ1) is 23.2. The highest BCUT2D eigenvalue weighted by Crippen LogP contribution is 2.29. The molecule has 5 nitrogen and oxygen atoms in total. The number of nitrogens with two attached hydrogens (primary N) is 1. The van der Waals surface area contributed by atoms with Gasteiger partial charge in [0.05, 0.1) is 12.6 Å². The maximum atomic E-state index is 14.7. The van der Waals surface area contributed by atoms with Gasteiger partial charge in [0, 0.05) is 17.7 Å². The minimum atomic E-state index is -0.462. The second-order valence-corrected chi connectivity index (χ2v) is 6.48. The van der Waals surface area contributed by atoms with Crippen molar-refractivity contribution in [2.45, 2.75) is 13.0 Å². The largest absolute Gasteiger partial charge is 0.508 e. The van der Waals surface area contributed by atoms with E-state index < -0.39 is 11.9 Å². The molecular weight excluding hydrogens is 407 g/mol. The standard InChI is InChI=1S/C23H23FN2O3.ClH/c1-2-29-21-8-4-7-19(22(21)24)16-5-3-6-17(13-16)23(28)26-20(14-25)15-9-11-18(27)12-10-15;/h3-13,20,27H,2,14,25H2,1H3,(H,26,28);1H. The number of rotatable bonds is 7. The summed E-state index contributed by atoms with van der Waals surface area (Å²) in [6.45, 7) is 2.35. The molecule has 0 heterocycles. The number of amides is 1. The molecule has 0 aliphatic heterocycles. The highest BCUT2D eigenvalue weighted by atomic mass is 35.5. The average Bonchev–Trinajstić information content (AvgIpc) is 2.74. The van der Waals surface area contributed by atoms with Gasteiger partial charge < -0.3 is 20.9 Å². The Labute approximate surface area is 181 Å². The van der Waals surface area contributed by atoms with E-state index in [1.165, 1.54) is 0 Å². The SMILES string of the molecule is CCOc1cccc(-c2cccc(C(=O)NC(CN)c3ccc(O)cc3)c2)c1F.Cl. The Kier molecular flexibility index (Phi) is 8.21. The molecule has 30 heavy (non-hydrogen) atoms. The minimum absolute atomic E-state index is 0. The fourth-order valence-corrected chi connectivity index (χ4v) is 3.06. The van der Waals surface area contributed by atoms with E-state index >= 15 is 0 Å². The Morgan fingerprint density at radius 3 is 2.50 bits per heavy atom. The van der Waals surface area contributed by atoms with Crippen molar-refractivity contribution in [1.29, 1.82) is 0 Å². The summed E-state index contributed by atoms with van der Waals surface area (Å²) in [4.78, 5) is 12.8. The second-order valence-electron chi connectivity index (χ2n) is 6.48. The zero-order valence-electron chi connectivity index (χ0n) is 16.5. The predicted octanol–water partition coefficient (Wildman–Crippen LogP) is 4.45. The fourth-order valence-electron chi connectivity index (χ4n) is 3.06. The molecule has 3 aromatic rings. The molecule has 1 atom stereocenters. The molecule has 0 bridgehead atoms. The van der Waals surface area contributed by atoms with Gasteiger partial charge in [-0.15, -0.1) is 12.4 Å². The van der Waals surface area contributed by atoms with Crippen LogP contribution in [0.4, 0.5) is 4.39 Å². The van der Waals surface area contributed by atoms with Gasteiger partial charge in [-0.1, -0.05) is 36.4 Å². The monoisotopic (exact) mass is 430 g/mol. The van der Waals surface area contributed by atoms with Crippen LogP contribution in [0.3, 0.4) is 0 Å². The van der Waals surface area contributed by atoms with Crippen LogP contribution < -0.4 is 15.8 Å². The molecule has 0 saturated heterocycles. The third-order valence-electron chi connectivity index (χ3n) is 4.54. The number of hydrogen-bond acceptors (Lipinski definition) is 4. The van der Waals surface area contributed by atoms with Gasteiger partial charge in [-0.25, -0.2) is 4.39 Å². The van der Waals surface area contributed by atoms with Crippen molar-refractivity contribution >= 4 is 18.3 Å². The smallest absolute Gasteiger partial charge is 0.251 e. The first-order chi connectivity index (χ1) is 14.0. The Bertz CT molecular complexity index is 996. The van der Waals surface area contributed by atoms with E-state index in [4.69, 9.17) is 10.5 Å². The molecule has 0 saturated carbocycles. The van der Waals surface area contributed by atoms with Gasteiger partial charge in [0.15, 0.2) is 11.6 Å². The first-order valence-corrected chi connectivity index (χ1v) is 9.35. The van der Waals surface area contributed by atoms with Crippen LogP contribution in [-0.4, -0.2) is 24.2 Å². The number of phenols is 1. The molecule has 3 aromatic carbocycles. The second kappa shape index (κ2) is 10.6. The number of ether oxygens (including phenoxy) is 1. The van der Waals surface area contributed by atoms with Gasteiger partial charge in [-0.2, -0.15) is 0 Å². The molecule has 0 aliphatic rings. The van der Waals surface area contributed by atoms with Crippen LogP contribution in [0, 0.1) is 5.82 Å². The number of hydrogen-bond donors (Lipinski definition) is 3. The Morgan fingerprint density at radius 2 is 1.83 bits per heavy atom. The zero-order chi connectivity index (χ0) is 20.8. The summed E-state index contributed by atoms with van der Waals surface area (Å²) in [7, 11) is 0. The lowest BCUT2D eigenvalue weighted by Gasteiger charge is -2.18. The summed E-state index contributed by atoms with van der Waals surface area (Å²) in [6.07, 6.45) is 0. The zero-order valence-corrected chi connectivity index (χ0v) is 17.3. The molecule has 0 radical (unpaired) electrons. The number of phenolic OH excluding ortho intramolecular Hbond substituents is 1. The maximum absolute atomic E-state index is 14.7. The lowest BCUT2D eigenvalue weighted by molar-refractivity contribution is 0.0938. The summed E-state index contributed by atoms with van der Waals surface area (Å²) in [5, 5.41) is 12.3. The molecule has 1 unspecified atom stereocenters. The molecule has 158 valence electrons. The quantitative estimate of drug-likeness (QED) is 0.517. The van der Waals surface area contributed by atoms with E-state index in [2.05, 4.69) is 5.32 Å². The summed E-state index contributed by atoms with van der Waals surface area (Å²) < 4.78 is 20.0. The van der Waals surface area contributed by atoms with Gasteiger partial charge in [-0.05, 0) is 48.4 Å². The van der Waals surface area contributed by atoms with Gasteiger partial charge in [-0.3, -0.25) is 4.79 Å². The number of nitrogens with one attached hydrogen (secondary N) is 1. The van der Waals surface area contributed by atoms with Crippen LogP contribution in [0.25, 0.3) is 11.1 Å². The number of benzene rings is 3. The van der Waals surface area contributed by atoms with E-state index in [0.717, 1.165) is 5.56 Å². The third-order valence-corrected chi connectivity index (χ3v) is 4.54. The van der Waals surface area contributed by atoms with Crippen molar-refractivity contribution in [1.82, 2.24) is 5.32 Å². The van der Waals surface area contributed by atoms with Crippen molar-refractivity contribution in [2.24, 2.45) is 5.73 Å². The Hall–Kier alpha value is -3.09. The van der Waals surface area contributed by atoms with Crippen molar-refractivity contribution in [3.8, 4) is 22.6 Å².